The van der Waals surface area contributed by atoms with Crippen LogP contribution in [0.3, 0.4) is 0 Å². The second kappa shape index (κ2) is 7.86. The molecule has 0 unspecified atom stereocenters. The standard InChI is InChI=1S/C13H15FN2O3/c1-2-12(17)19-8-7-15-13(18)16-9-10-3-5-11(14)6-4-10/h2-6H,1,7-9H2,(H2,15,16,18). The number of esters is 1. The third-order valence-corrected chi connectivity index (χ3v) is 2.16. The van der Waals surface area contributed by atoms with Gasteiger partial charge in [0.05, 0.1) is 6.54 Å². The highest BCUT2D eigenvalue weighted by atomic mass is 19.1. The fraction of sp³-hybridized carbons (Fsp3) is 0.231. The van der Waals surface area contributed by atoms with Crippen LogP contribution in [0, 0.1) is 5.82 Å². The maximum Gasteiger partial charge on any atom is 0.330 e. The Labute approximate surface area is 110 Å². The van der Waals surface area contributed by atoms with Crippen LogP contribution in [0.4, 0.5) is 9.18 Å². The summed E-state index contributed by atoms with van der Waals surface area (Å²) in [6, 6.07) is 5.43. The summed E-state index contributed by atoms with van der Waals surface area (Å²) in [6.07, 6.45) is 1.05. The van der Waals surface area contributed by atoms with Crippen molar-refractivity contribution in [3.05, 3.63) is 48.3 Å². The Morgan fingerprint density at radius 3 is 2.58 bits per heavy atom. The summed E-state index contributed by atoms with van der Waals surface area (Å²) in [5.41, 5.74) is 0.787. The zero-order valence-electron chi connectivity index (χ0n) is 10.3. The first kappa shape index (κ1) is 14.7. The van der Waals surface area contributed by atoms with Gasteiger partial charge in [-0.3, -0.25) is 0 Å². The summed E-state index contributed by atoms with van der Waals surface area (Å²) in [7, 11) is 0. The molecule has 0 spiro atoms. The molecule has 102 valence electrons. The van der Waals surface area contributed by atoms with E-state index in [1.807, 2.05) is 0 Å². The van der Waals surface area contributed by atoms with Crippen LogP contribution in [0.25, 0.3) is 0 Å². The lowest BCUT2D eigenvalue weighted by atomic mass is 10.2. The first-order valence-electron chi connectivity index (χ1n) is 5.67. The Balaban J connectivity index is 2.16. The predicted octanol–water partition coefficient (Wildman–Crippen LogP) is 1.35. The zero-order valence-corrected chi connectivity index (χ0v) is 10.3. The first-order valence-corrected chi connectivity index (χ1v) is 5.67. The van der Waals surface area contributed by atoms with Gasteiger partial charge < -0.3 is 15.4 Å². The van der Waals surface area contributed by atoms with Crippen molar-refractivity contribution < 1.29 is 18.7 Å². The number of rotatable bonds is 6. The second-order valence-corrected chi connectivity index (χ2v) is 3.61. The second-order valence-electron chi connectivity index (χ2n) is 3.61. The number of hydrogen-bond acceptors (Lipinski definition) is 3. The molecule has 0 aliphatic heterocycles. The van der Waals surface area contributed by atoms with Gasteiger partial charge in [0, 0.05) is 12.6 Å². The number of benzene rings is 1. The van der Waals surface area contributed by atoms with Gasteiger partial charge in [0.1, 0.15) is 12.4 Å². The first-order chi connectivity index (χ1) is 9.11. The van der Waals surface area contributed by atoms with E-state index in [9.17, 15) is 14.0 Å². The van der Waals surface area contributed by atoms with E-state index in [2.05, 4.69) is 21.9 Å². The van der Waals surface area contributed by atoms with Crippen LogP contribution < -0.4 is 10.6 Å². The van der Waals surface area contributed by atoms with E-state index in [1.165, 1.54) is 12.1 Å². The molecule has 19 heavy (non-hydrogen) atoms. The monoisotopic (exact) mass is 266 g/mol. The normalized spacial score (nSPS) is 9.53. The molecule has 0 atom stereocenters. The molecule has 1 aromatic carbocycles. The van der Waals surface area contributed by atoms with Crippen LogP contribution in [-0.4, -0.2) is 25.2 Å². The Hall–Kier alpha value is -2.37. The van der Waals surface area contributed by atoms with Crippen LogP contribution in [0.2, 0.25) is 0 Å². The number of carbonyl (C=O) groups excluding carboxylic acids is 2. The van der Waals surface area contributed by atoms with E-state index >= 15 is 0 Å². The third kappa shape index (κ3) is 6.21. The highest BCUT2D eigenvalue weighted by Crippen LogP contribution is 2.01. The number of hydrogen-bond donors (Lipinski definition) is 2. The van der Waals surface area contributed by atoms with E-state index in [0.717, 1.165) is 11.6 Å². The van der Waals surface area contributed by atoms with Gasteiger partial charge in [-0.25, -0.2) is 14.0 Å². The minimum Gasteiger partial charge on any atom is -0.461 e. The van der Waals surface area contributed by atoms with Crippen molar-refractivity contribution >= 4 is 12.0 Å². The van der Waals surface area contributed by atoms with Crippen LogP contribution in [0.5, 0.6) is 0 Å². The molecule has 5 nitrogen and oxygen atoms in total. The van der Waals surface area contributed by atoms with Gasteiger partial charge in [-0.15, -0.1) is 0 Å². The molecule has 0 radical (unpaired) electrons. The van der Waals surface area contributed by atoms with Crippen molar-refractivity contribution in [2.75, 3.05) is 13.2 Å². The molecule has 0 bridgehead atoms. The molecular formula is C13H15FN2O3. The van der Waals surface area contributed by atoms with Crippen molar-refractivity contribution in [1.29, 1.82) is 0 Å². The summed E-state index contributed by atoms with van der Waals surface area (Å²) >= 11 is 0. The van der Waals surface area contributed by atoms with Gasteiger partial charge in [0.25, 0.3) is 0 Å². The molecule has 0 aliphatic carbocycles. The van der Waals surface area contributed by atoms with Crippen molar-refractivity contribution in [3.8, 4) is 0 Å². The van der Waals surface area contributed by atoms with Gasteiger partial charge in [-0.05, 0) is 17.7 Å². The molecule has 1 aromatic rings. The molecule has 0 heterocycles. The topological polar surface area (TPSA) is 67.4 Å². The molecule has 1 rings (SSSR count). The lowest BCUT2D eigenvalue weighted by Gasteiger charge is -2.07. The number of ether oxygens (including phenoxy) is 1. The number of halogens is 1. The Bertz CT molecular complexity index is 446. The van der Waals surface area contributed by atoms with Crippen molar-refractivity contribution in [1.82, 2.24) is 10.6 Å². The molecule has 0 aliphatic rings. The lowest BCUT2D eigenvalue weighted by molar-refractivity contribution is -0.137. The van der Waals surface area contributed by atoms with Crippen LogP contribution >= 0.6 is 0 Å². The Morgan fingerprint density at radius 1 is 1.26 bits per heavy atom. The van der Waals surface area contributed by atoms with Gasteiger partial charge >= 0.3 is 12.0 Å². The minimum atomic E-state index is -0.534. The molecular weight excluding hydrogens is 251 g/mol. The van der Waals surface area contributed by atoms with Crippen LogP contribution in [0.15, 0.2) is 36.9 Å². The van der Waals surface area contributed by atoms with Gasteiger partial charge in [-0.1, -0.05) is 18.7 Å². The Kier molecular flexibility index (Phi) is 6.08. The average Bonchev–Trinajstić information content (AvgIpc) is 2.42. The number of amides is 2. The van der Waals surface area contributed by atoms with E-state index in [-0.39, 0.29) is 25.0 Å². The van der Waals surface area contributed by atoms with Crippen molar-refractivity contribution in [2.45, 2.75) is 6.54 Å². The predicted molar refractivity (Wildman–Crippen MR) is 67.8 cm³/mol. The average molecular weight is 266 g/mol. The SMILES string of the molecule is C=CC(=O)OCCNC(=O)NCc1ccc(F)cc1. The fourth-order valence-electron chi connectivity index (χ4n) is 1.22. The summed E-state index contributed by atoms with van der Waals surface area (Å²) in [6.45, 7) is 3.81. The summed E-state index contributed by atoms with van der Waals surface area (Å²) in [4.78, 5) is 22.0. The molecule has 0 saturated carbocycles. The molecule has 0 aromatic heterocycles. The number of nitrogens with one attached hydrogen (secondary N) is 2. The Morgan fingerprint density at radius 2 is 1.95 bits per heavy atom. The van der Waals surface area contributed by atoms with Gasteiger partial charge in [0.2, 0.25) is 0 Å². The van der Waals surface area contributed by atoms with E-state index in [4.69, 9.17) is 0 Å². The number of urea groups is 1. The number of carbonyl (C=O) groups is 2. The zero-order chi connectivity index (χ0) is 14.1. The quantitative estimate of drug-likeness (QED) is 0.464. The van der Waals surface area contributed by atoms with Crippen LogP contribution in [-0.2, 0) is 16.1 Å². The van der Waals surface area contributed by atoms with E-state index in [0.29, 0.717) is 6.54 Å². The third-order valence-electron chi connectivity index (χ3n) is 2.16. The largest absolute Gasteiger partial charge is 0.461 e. The molecule has 2 N–H and O–H groups in total. The van der Waals surface area contributed by atoms with Crippen molar-refractivity contribution in [2.24, 2.45) is 0 Å². The highest BCUT2D eigenvalue weighted by Gasteiger charge is 2.01. The van der Waals surface area contributed by atoms with E-state index in [1.54, 1.807) is 12.1 Å². The summed E-state index contributed by atoms with van der Waals surface area (Å²) < 4.78 is 17.3. The lowest BCUT2D eigenvalue weighted by Crippen LogP contribution is -2.37. The smallest absolute Gasteiger partial charge is 0.330 e. The fourth-order valence-corrected chi connectivity index (χ4v) is 1.22. The van der Waals surface area contributed by atoms with Gasteiger partial charge in [-0.2, -0.15) is 0 Å². The molecule has 6 heteroatoms. The highest BCUT2D eigenvalue weighted by molar-refractivity contribution is 5.81. The maximum atomic E-state index is 12.6. The molecule has 0 fully saturated rings. The summed E-state index contributed by atoms with van der Waals surface area (Å²) in [5.74, 6) is -0.856. The summed E-state index contributed by atoms with van der Waals surface area (Å²) in [5, 5.41) is 5.10. The molecule has 2 amide bonds. The minimum absolute atomic E-state index is 0.0782. The molecule has 0 saturated heterocycles. The van der Waals surface area contributed by atoms with Gasteiger partial charge in [0.15, 0.2) is 0 Å². The van der Waals surface area contributed by atoms with Crippen molar-refractivity contribution in [3.63, 3.8) is 0 Å². The van der Waals surface area contributed by atoms with E-state index < -0.39 is 5.97 Å². The maximum absolute atomic E-state index is 12.6. The van der Waals surface area contributed by atoms with Crippen LogP contribution in [0.1, 0.15) is 5.56 Å².